The molecule has 0 saturated heterocycles. The maximum absolute atomic E-state index is 11.9. The number of nitrogens with zero attached hydrogens (tertiary/aromatic N) is 1. The average molecular weight is 241 g/mol. The molecule has 1 N–H and O–H groups in total. The minimum atomic E-state index is -0.665. The second-order valence-corrected chi connectivity index (χ2v) is 4.52. The molecule has 1 heterocycles. The highest BCUT2D eigenvalue weighted by molar-refractivity contribution is 6.25. The molecule has 1 aliphatic heterocycles. The van der Waals surface area contributed by atoms with Crippen LogP contribution in [0, 0.1) is 13.8 Å². The van der Waals surface area contributed by atoms with Gasteiger partial charge in [0.2, 0.25) is 0 Å². The average Bonchev–Trinajstić information content (AvgIpc) is 2.38. The maximum atomic E-state index is 11.9. The summed E-state index contributed by atoms with van der Waals surface area (Å²) in [6.45, 7) is 3.86. The van der Waals surface area contributed by atoms with E-state index in [-0.39, 0.29) is 5.06 Å². The molecule has 0 aliphatic carbocycles. The Kier molecular flexibility index (Phi) is 2.06. The highest BCUT2D eigenvalue weighted by Crippen LogP contribution is 2.32. The molecule has 90 valence electrons. The minimum absolute atomic E-state index is 0.186. The Labute approximate surface area is 103 Å². The van der Waals surface area contributed by atoms with E-state index in [2.05, 4.69) is 0 Å². The number of carbonyl (C=O) groups excluding carboxylic acids is 2. The van der Waals surface area contributed by atoms with Gasteiger partial charge in [0, 0.05) is 5.39 Å². The summed E-state index contributed by atoms with van der Waals surface area (Å²) in [5.41, 5.74) is 2.76. The quantitative estimate of drug-likeness (QED) is 0.569. The normalized spacial score (nSPS) is 14.5. The Balaban J connectivity index is 2.57. The monoisotopic (exact) mass is 241 g/mol. The van der Waals surface area contributed by atoms with Crippen molar-refractivity contribution in [2.45, 2.75) is 13.8 Å². The molecule has 0 fully saturated rings. The zero-order valence-electron chi connectivity index (χ0n) is 10.0. The number of aryl methyl sites for hydroxylation is 2. The van der Waals surface area contributed by atoms with Gasteiger partial charge in [0.05, 0.1) is 11.1 Å². The fraction of sp³-hybridized carbons (Fsp3) is 0.143. The maximum Gasteiger partial charge on any atom is 0.285 e. The number of hydroxylamine groups is 2. The van der Waals surface area contributed by atoms with Crippen molar-refractivity contribution in [1.29, 1.82) is 0 Å². The van der Waals surface area contributed by atoms with Crippen LogP contribution in [0.4, 0.5) is 0 Å². The summed E-state index contributed by atoms with van der Waals surface area (Å²) in [5, 5.41) is 11.3. The van der Waals surface area contributed by atoms with Crippen LogP contribution >= 0.6 is 0 Å². The van der Waals surface area contributed by atoms with E-state index in [1.165, 1.54) is 0 Å². The van der Waals surface area contributed by atoms with Gasteiger partial charge < -0.3 is 0 Å². The van der Waals surface area contributed by atoms with E-state index in [1.54, 1.807) is 18.2 Å². The third kappa shape index (κ3) is 1.18. The Morgan fingerprint density at radius 3 is 2.44 bits per heavy atom. The number of benzene rings is 2. The van der Waals surface area contributed by atoms with E-state index in [4.69, 9.17) is 0 Å². The second kappa shape index (κ2) is 3.40. The second-order valence-electron chi connectivity index (χ2n) is 4.52. The van der Waals surface area contributed by atoms with Gasteiger partial charge in [-0.15, -0.1) is 5.06 Å². The highest BCUT2D eigenvalue weighted by atomic mass is 16.5. The lowest BCUT2D eigenvalue weighted by Crippen LogP contribution is -2.37. The SMILES string of the molecule is Cc1cc2c3c(cccc3c1C)C(=O)N(O)C2=O. The van der Waals surface area contributed by atoms with Gasteiger partial charge in [0.25, 0.3) is 11.8 Å². The number of rotatable bonds is 0. The van der Waals surface area contributed by atoms with E-state index in [0.717, 1.165) is 16.5 Å². The van der Waals surface area contributed by atoms with Gasteiger partial charge in [0.1, 0.15) is 0 Å². The van der Waals surface area contributed by atoms with Crippen LogP contribution in [0.1, 0.15) is 31.8 Å². The van der Waals surface area contributed by atoms with Gasteiger partial charge in [-0.25, -0.2) is 0 Å². The van der Waals surface area contributed by atoms with Gasteiger partial charge in [-0.05, 0) is 42.5 Å². The van der Waals surface area contributed by atoms with Crippen molar-refractivity contribution in [3.05, 3.63) is 46.5 Å². The summed E-state index contributed by atoms with van der Waals surface area (Å²) in [7, 11) is 0. The molecule has 0 saturated carbocycles. The van der Waals surface area contributed by atoms with Crippen LogP contribution in [0.2, 0.25) is 0 Å². The molecule has 3 rings (SSSR count). The predicted molar refractivity (Wildman–Crippen MR) is 65.7 cm³/mol. The van der Waals surface area contributed by atoms with Crippen molar-refractivity contribution in [2.75, 3.05) is 0 Å². The molecule has 0 atom stereocenters. The number of imide groups is 1. The fourth-order valence-electron chi connectivity index (χ4n) is 2.43. The molecule has 4 nitrogen and oxygen atoms in total. The van der Waals surface area contributed by atoms with Crippen LogP contribution in [0.25, 0.3) is 10.8 Å². The molecular formula is C14H11NO3. The van der Waals surface area contributed by atoms with Crippen molar-refractivity contribution in [1.82, 2.24) is 5.06 Å². The standard InChI is InChI=1S/C14H11NO3/c1-7-6-11-12-9(8(7)2)4-3-5-10(12)13(16)15(18)14(11)17/h3-6,18H,1-2H3. The van der Waals surface area contributed by atoms with E-state index < -0.39 is 11.8 Å². The van der Waals surface area contributed by atoms with Gasteiger partial charge >= 0.3 is 0 Å². The van der Waals surface area contributed by atoms with Crippen molar-refractivity contribution >= 4 is 22.6 Å². The topological polar surface area (TPSA) is 57.6 Å². The molecule has 0 unspecified atom stereocenters. The van der Waals surface area contributed by atoms with Crippen molar-refractivity contribution in [3.63, 3.8) is 0 Å². The van der Waals surface area contributed by atoms with Gasteiger partial charge in [-0.3, -0.25) is 14.8 Å². The molecule has 2 aromatic carbocycles. The summed E-state index contributed by atoms with van der Waals surface area (Å²) in [5.74, 6) is -1.33. The van der Waals surface area contributed by atoms with Crippen molar-refractivity contribution in [3.8, 4) is 0 Å². The Bertz CT molecular complexity index is 719. The highest BCUT2D eigenvalue weighted by Gasteiger charge is 2.32. The lowest BCUT2D eigenvalue weighted by molar-refractivity contribution is -0.0377. The molecule has 0 aromatic heterocycles. The van der Waals surface area contributed by atoms with Crippen molar-refractivity contribution in [2.24, 2.45) is 0 Å². The molecule has 0 radical (unpaired) electrons. The molecular weight excluding hydrogens is 230 g/mol. The number of hydrogen-bond donors (Lipinski definition) is 1. The smallest absolute Gasteiger partial charge is 0.278 e. The van der Waals surface area contributed by atoms with Gasteiger partial charge in [0.15, 0.2) is 0 Å². The van der Waals surface area contributed by atoms with Crippen LogP contribution in [0.3, 0.4) is 0 Å². The van der Waals surface area contributed by atoms with E-state index in [0.29, 0.717) is 16.5 Å². The Morgan fingerprint density at radius 1 is 1.06 bits per heavy atom. The Hall–Kier alpha value is -2.20. The lowest BCUT2D eigenvalue weighted by Gasteiger charge is -2.23. The predicted octanol–water partition coefficient (Wildman–Crippen LogP) is 2.44. The molecule has 0 bridgehead atoms. The summed E-state index contributed by atoms with van der Waals surface area (Å²) >= 11 is 0. The number of carbonyl (C=O) groups is 2. The summed E-state index contributed by atoms with van der Waals surface area (Å²) in [4.78, 5) is 23.8. The molecule has 1 aliphatic rings. The molecule has 2 amide bonds. The molecule has 0 spiro atoms. The molecule has 4 heteroatoms. The van der Waals surface area contributed by atoms with Crippen LogP contribution < -0.4 is 0 Å². The number of amides is 2. The first kappa shape index (κ1) is 10.9. The largest absolute Gasteiger partial charge is 0.285 e. The first-order valence-electron chi connectivity index (χ1n) is 5.63. The van der Waals surface area contributed by atoms with Crippen LogP contribution in [-0.2, 0) is 0 Å². The number of hydrogen-bond acceptors (Lipinski definition) is 3. The van der Waals surface area contributed by atoms with E-state index in [9.17, 15) is 14.8 Å². The van der Waals surface area contributed by atoms with Crippen molar-refractivity contribution < 1.29 is 14.8 Å². The van der Waals surface area contributed by atoms with E-state index >= 15 is 0 Å². The lowest BCUT2D eigenvalue weighted by atomic mass is 9.90. The first-order valence-corrected chi connectivity index (χ1v) is 5.63. The zero-order chi connectivity index (χ0) is 13.0. The van der Waals surface area contributed by atoms with Crippen LogP contribution in [0.5, 0.6) is 0 Å². The van der Waals surface area contributed by atoms with Crippen LogP contribution in [-0.4, -0.2) is 22.1 Å². The third-order valence-electron chi connectivity index (χ3n) is 3.54. The first-order chi connectivity index (χ1) is 8.52. The third-order valence-corrected chi connectivity index (χ3v) is 3.54. The molecule has 18 heavy (non-hydrogen) atoms. The van der Waals surface area contributed by atoms with Crippen LogP contribution in [0.15, 0.2) is 24.3 Å². The summed E-state index contributed by atoms with van der Waals surface area (Å²) in [6, 6.07) is 6.99. The Morgan fingerprint density at radius 2 is 1.72 bits per heavy atom. The van der Waals surface area contributed by atoms with Gasteiger partial charge in [-0.2, -0.15) is 0 Å². The minimum Gasteiger partial charge on any atom is -0.278 e. The van der Waals surface area contributed by atoms with Gasteiger partial charge in [-0.1, -0.05) is 12.1 Å². The summed E-state index contributed by atoms with van der Waals surface area (Å²) < 4.78 is 0. The zero-order valence-corrected chi connectivity index (χ0v) is 10.0. The molecule has 2 aromatic rings. The van der Waals surface area contributed by atoms with E-state index in [1.807, 2.05) is 19.9 Å². The summed E-state index contributed by atoms with van der Waals surface area (Å²) in [6.07, 6.45) is 0. The fourth-order valence-corrected chi connectivity index (χ4v) is 2.43.